The minimum atomic E-state index is -2.69. The number of alkyl halides is 2. The Kier molecular flexibility index (Phi) is 6.44. The second-order valence-corrected chi connectivity index (χ2v) is 9.38. The summed E-state index contributed by atoms with van der Waals surface area (Å²) in [5, 5.41) is 0. The van der Waals surface area contributed by atoms with Crippen LogP contribution in [0, 0.1) is 0 Å². The van der Waals surface area contributed by atoms with E-state index in [0.29, 0.717) is 31.9 Å². The summed E-state index contributed by atoms with van der Waals surface area (Å²) < 4.78 is 32.4. The van der Waals surface area contributed by atoms with Crippen LogP contribution in [0.3, 0.4) is 0 Å². The highest BCUT2D eigenvalue weighted by Crippen LogP contribution is 2.35. The third kappa shape index (κ3) is 4.74. The lowest BCUT2D eigenvalue weighted by Crippen LogP contribution is -2.42. The number of aromatic nitrogens is 1. The zero-order chi connectivity index (χ0) is 24.6. The molecule has 3 aliphatic rings. The molecule has 2 amide bonds. The summed E-state index contributed by atoms with van der Waals surface area (Å²) >= 11 is 0. The number of pyridine rings is 1. The van der Waals surface area contributed by atoms with E-state index in [9.17, 15) is 18.4 Å². The molecule has 7 nitrogen and oxygen atoms in total. The number of piperidine rings is 1. The molecule has 9 heteroatoms. The highest BCUT2D eigenvalue weighted by Gasteiger charge is 2.36. The zero-order valence-electron chi connectivity index (χ0n) is 19.9. The Balaban J connectivity index is 1.33. The van der Waals surface area contributed by atoms with Gasteiger partial charge in [-0.05, 0) is 55.2 Å². The summed E-state index contributed by atoms with van der Waals surface area (Å²) in [6, 6.07) is 7.74. The number of hydrogen-bond acceptors (Lipinski definition) is 5. The van der Waals surface area contributed by atoms with Gasteiger partial charge in [-0.2, -0.15) is 0 Å². The average Bonchev–Trinajstić information content (AvgIpc) is 3.17. The molecule has 1 aromatic carbocycles. The van der Waals surface area contributed by atoms with E-state index in [1.165, 1.54) is 4.90 Å². The van der Waals surface area contributed by atoms with Crippen LogP contribution in [-0.4, -0.2) is 71.9 Å². The van der Waals surface area contributed by atoms with Crippen LogP contribution in [-0.2, 0) is 17.7 Å². The summed E-state index contributed by atoms with van der Waals surface area (Å²) in [7, 11) is 0. The van der Waals surface area contributed by atoms with Crippen molar-refractivity contribution in [1.82, 2.24) is 14.8 Å². The maximum atomic E-state index is 13.5. The van der Waals surface area contributed by atoms with Crippen molar-refractivity contribution in [3.63, 3.8) is 0 Å². The number of hydrogen-bond donors (Lipinski definition) is 0. The number of likely N-dealkylation sites (tertiary alicyclic amines) is 1. The molecule has 186 valence electrons. The number of benzene rings is 1. The Morgan fingerprint density at radius 3 is 2.71 bits per heavy atom. The standard InChI is InChI=1S/C26H30F2N4O3/c1-2-35-13-12-31-17-20-15-21(5-6-22(20)25(31)34)32-9-3-4-18-14-19(16-29-23(18)32)24(33)30-10-7-26(27,28)8-11-30/h5-6,14-16H,2-4,7-13,17H2,1H3. The predicted molar refractivity (Wildman–Crippen MR) is 127 cm³/mol. The molecule has 0 bridgehead atoms. The van der Waals surface area contributed by atoms with Crippen LogP contribution >= 0.6 is 0 Å². The van der Waals surface area contributed by atoms with Gasteiger partial charge in [-0.3, -0.25) is 9.59 Å². The van der Waals surface area contributed by atoms with E-state index < -0.39 is 5.92 Å². The molecule has 1 fully saturated rings. The van der Waals surface area contributed by atoms with E-state index in [4.69, 9.17) is 4.74 Å². The summed E-state index contributed by atoms with van der Waals surface area (Å²) in [5.74, 6) is -2.10. The van der Waals surface area contributed by atoms with Crippen LogP contribution in [0.15, 0.2) is 30.5 Å². The number of anilines is 2. The third-order valence-electron chi connectivity index (χ3n) is 7.04. The minimum absolute atomic E-state index is 0.0297. The monoisotopic (exact) mass is 484 g/mol. The number of rotatable bonds is 6. The number of carbonyl (C=O) groups is 2. The molecule has 3 aliphatic heterocycles. The number of ether oxygens (including phenoxy) is 1. The van der Waals surface area contributed by atoms with Gasteiger partial charge in [0.25, 0.3) is 17.7 Å². The highest BCUT2D eigenvalue weighted by atomic mass is 19.3. The van der Waals surface area contributed by atoms with Crippen molar-refractivity contribution in [3.8, 4) is 0 Å². The van der Waals surface area contributed by atoms with Crippen LogP contribution in [0.2, 0.25) is 0 Å². The molecule has 0 saturated carbocycles. The minimum Gasteiger partial charge on any atom is -0.380 e. The van der Waals surface area contributed by atoms with Gasteiger partial charge in [0, 0.05) is 69.6 Å². The molecule has 0 radical (unpaired) electrons. The molecule has 4 heterocycles. The Morgan fingerprint density at radius 1 is 1.14 bits per heavy atom. The molecular formula is C26H30F2N4O3. The summed E-state index contributed by atoms with van der Waals surface area (Å²) in [5.41, 5.74) is 4.10. The SMILES string of the molecule is CCOCCN1Cc2cc(N3CCCc4cc(C(=O)N5CCC(F)(F)CC5)cnc43)ccc2C1=O. The number of nitrogens with zero attached hydrogens (tertiary/aromatic N) is 4. The van der Waals surface area contributed by atoms with Gasteiger partial charge in [-0.25, -0.2) is 13.8 Å². The van der Waals surface area contributed by atoms with Crippen molar-refractivity contribution in [2.75, 3.05) is 44.3 Å². The molecule has 0 spiro atoms. The Morgan fingerprint density at radius 2 is 1.94 bits per heavy atom. The topological polar surface area (TPSA) is 66.0 Å². The number of carbonyl (C=O) groups excluding carboxylic acids is 2. The fraction of sp³-hybridized carbons (Fsp3) is 0.500. The second kappa shape index (κ2) is 9.53. The predicted octanol–water partition coefficient (Wildman–Crippen LogP) is 4.03. The summed E-state index contributed by atoms with van der Waals surface area (Å²) in [4.78, 5) is 35.7. The lowest BCUT2D eigenvalue weighted by atomic mass is 10.0. The quantitative estimate of drug-likeness (QED) is 0.580. The molecule has 35 heavy (non-hydrogen) atoms. The van der Waals surface area contributed by atoms with Gasteiger partial charge in [-0.15, -0.1) is 0 Å². The highest BCUT2D eigenvalue weighted by molar-refractivity contribution is 5.99. The van der Waals surface area contributed by atoms with Gasteiger partial charge in [0.05, 0.1) is 12.2 Å². The summed E-state index contributed by atoms with van der Waals surface area (Å²) in [6.07, 6.45) is 2.66. The lowest BCUT2D eigenvalue weighted by molar-refractivity contribution is -0.0494. The maximum absolute atomic E-state index is 13.5. The molecule has 1 aromatic heterocycles. The van der Waals surface area contributed by atoms with Crippen molar-refractivity contribution in [3.05, 3.63) is 52.7 Å². The first-order valence-electron chi connectivity index (χ1n) is 12.3. The molecule has 1 saturated heterocycles. The number of aryl methyl sites for hydroxylation is 1. The lowest BCUT2D eigenvalue weighted by Gasteiger charge is -2.33. The van der Waals surface area contributed by atoms with E-state index in [0.717, 1.165) is 47.6 Å². The first kappa shape index (κ1) is 23.7. The number of fused-ring (bicyclic) bond motifs is 2. The van der Waals surface area contributed by atoms with Gasteiger partial charge in [-0.1, -0.05) is 0 Å². The van der Waals surface area contributed by atoms with Crippen molar-refractivity contribution < 1.29 is 23.1 Å². The van der Waals surface area contributed by atoms with Gasteiger partial charge in [0.1, 0.15) is 5.82 Å². The first-order chi connectivity index (χ1) is 16.9. The largest absolute Gasteiger partial charge is 0.380 e. The fourth-order valence-corrected chi connectivity index (χ4v) is 5.09. The van der Waals surface area contributed by atoms with Gasteiger partial charge in [0.15, 0.2) is 0 Å². The van der Waals surface area contributed by atoms with Crippen LogP contribution in [0.4, 0.5) is 20.3 Å². The number of amides is 2. The van der Waals surface area contributed by atoms with E-state index in [1.54, 1.807) is 11.1 Å². The van der Waals surface area contributed by atoms with Crippen molar-refractivity contribution in [2.45, 2.75) is 45.1 Å². The van der Waals surface area contributed by atoms with E-state index in [2.05, 4.69) is 16.0 Å². The van der Waals surface area contributed by atoms with Crippen LogP contribution < -0.4 is 4.90 Å². The van der Waals surface area contributed by atoms with Crippen molar-refractivity contribution in [2.24, 2.45) is 0 Å². The summed E-state index contributed by atoms with van der Waals surface area (Å²) in [6.45, 7) is 5.12. The number of halogens is 2. The van der Waals surface area contributed by atoms with Gasteiger partial charge >= 0.3 is 0 Å². The smallest absolute Gasteiger partial charge is 0.255 e. The molecule has 2 aromatic rings. The fourth-order valence-electron chi connectivity index (χ4n) is 5.09. The van der Waals surface area contributed by atoms with E-state index in [1.807, 2.05) is 25.1 Å². The van der Waals surface area contributed by atoms with Gasteiger partial charge in [0.2, 0.25) is 0 Å². The average molecular weight is 485 g/mol. The Bertz CT molecular complexity index is 1130. The molecule has 5 rings (SSSR count). The van der Waals surface area contributed by atoms with E-state index >= 15 is 0 Å². The molecule has 0 unspecified atom stereocenters. The van der Waals surface area contributed by atoms with Gasteiger partial charge < -0.3 is 19.4 Å². The van der Waals surface area contributed by atoms with Crippen molar-refractivity contribution in [1.29, 1.82) is 0 Å². The molecular weight excluding hydrogens is 454 g/mol. The third-order valence-corrected chi connectivity index (χ3v) is 7.04. The Labute approximate surface area is 203 Å². The van der Waals surface area contributed by atoms with Crippen molar-refractivity contribution >= 4 is 23.3 Å². The first-order valence-corrected chi connectivity index (χ1v) is 12.3. The molecule has 0 N–H and O–H groups in total. The van der Waals surface area contributed by atoms with Crippen LogP contribution in [0.5, 0.6) is 0 Å². The molecule has 0 atom stereocenters. The second-order valence-electron chi connectivity index (χ2n) is 9.38. The maximum Gasteiger partial charge on any atom is 0.255 e. The Hall–Kier alpha value is -3.07. The van der Waals surface area contributed by atoms with E-state index in [-0.39, 0.29) is 37.7 Å². The van der Waals surface area contributed by atoms with Crippen LogP contribution in [0.25, 0.3) is 0 Å². The van der Waals surface area contributed by atoms with Crippen LogP contribution in [0.1, 0.15) is 58.0 Å². The normalized spacial score (nSPS) is 19.1. The zero-order valence-corrected chi connectivity index (χ0v) is 19.9. The molecule has 0 aliphatic carbocycles.